The number of carbonyl (C=O) groups excluding carboxylic acids is 2. The molecule has 1 aliphatic rings. The highest BCUT2D eigenvalue weighted by atomic mass is 35.5. The largest absolute Gasteiger partial charge is 0.489 e. The minimum atomic E-state index is -0.568. The van der Waals surface area contributed by atoms with Gasteiger partial charge in [-0.1, -0.05) is 35.9 Å². The fourth-order valence-electron chi connectivity index (χ4n) is 2.33. The number of ketones is 1. The number of carbonyl (C=O) groups is 2. The standard InChI is InChI=1S/C18H21Cl2NO4/c1-5-6-24-15-8-14(20)13(19)7-12(15)16(22)11-9-21(10-11)17(23)25-18(2,3)4/h5,7-8,11H,1,6,9-10H2,2-4H3. The number of rotatable bonds is 5. The van der Waals surface area contributed by atoms with Crippen LogP contribution < -0.4 is 4.74 Å². The van der Waals surface area contributed by atoms with Crippen molar-refractivity contribution >= 4 is 35.1 Å². The molecule has 1 aromatic rings. The third kappa shape index (κ3) is 4.89. The van der Waals surface area contributed by atoms with E-state index in [9.17, 15) is 9.59 Å². The van der Waals surface area contributed by atoms with Gasteiger partial charge in [-0.15, -0.1) is 0 Å². The van der Waals surface area contributed by atoms with Crippen LogP contribution in [0.5, 0.6) is 5.75 Å². The molecule has 0 aliphatic carbocycles. The number of ether oxygens (including phenoxy) is 2. The second-order valence-electron chi connectivity index (χ2n) is 6.81. The molecule has 7 heteroatoms. The SMILES string of the molecule is C=CCOc1cc(Cl)c(Cl)cc1C(=O)C1CN(C(=O)OC(C)(C)C)C1. The van der Waals surface area contributed by atoms with E-state index in [-0.39, 0.29) is 23.3 Å². The van der Waals surface area contributed by atoms with Crippen LogP contribution in [0.1, 0.15) is 31.1 Å². The quantitative estimate of drug-likeness (QED) is 0.548. The van der Waals surface area contributed by atoms with Crippen LogP contribution in [-0.2, 0) is 4.74 Å². The Hall–Kier alpha value is -1.72. The second-order valence-corrected chi connectivity index (χ2v) is 7.62. The molecule has 0 saturated carbocycles. The van der Waals surface area contributed by atoms with Gasteiger partial charge in [0.1, 0.15) is 18.0 Å². The van der Waals surface area contributed by atoms with Gasteiger partial charge < -0.3 is 14.4 Å². The van der Waals surface area contributed by atoms with Crippen LogP contribution in [0.3, 0.4) is 0 Å². The zero-order valence-corrected chi connectivity index (χ0v) is 16.0. The molecule has 0 radical (unpaired) electrons. The van der Waals surface area contributed by atoms with Crippen LogP contribution in [0.15, 0.2) is 24.8 Å². The highest BCUT2D eigenvalue weighted by Crippen LogP contribution is 2.34. The molecule has 1 fully saturated rings. The molecule has 0 N–H and O–H groups in total. The summed E-state index contributed by atoms with van der Waals surface area (Å²) in [6.45, 7) is 9.82. The van der Waals surface area contributed by atoms with Crippen molar-refractivity contribution in [2.75, 3.05) is 19.7 Å². The minimum Gasteiger partial charge on any atom is -0.489 e. The van der Waals surface area contributed by atoms with Gasteiger partial charge in [0.05, 0.1) is 21.5 Å². The molecule has 1 amide bonds. The van der Waals surface area contributed by atoms with Gasteiger partial charge in [0.15, 0.2) is 5.78 Å². The summed E-state index contributed by atoms with van der Waals surface area (Å²) in [7, 11) is 0. The third-order valence-corrected chi connectivity index (χ3v) is 4.27. The Bertz CT molecular complexity index is 691. The summed E-state index contributed by atoms with van der Waals surface area (Å²) in [5.74, 6) is -0.108. The fraction of sp³-hybridized carbons (Fsp3) is 0.444. The Morgan fingerprint density at radius 2 is 1.88 bits per heavy atom. The maximum Gasteiger partial charge on any atom is 0.410 e. The summed E-state index contributed by atoms with van der Waals surface area (Å²) in [5, 5.41) is 0.584. The summed E-state index contributed by atoms with van der Waals surface area (Å²) in [4.78, 5) is 26.2. The molecular weight excluding hydrogens is 365 g/mol. The van der Waals surface area contributed by atoms with Gasteiger partial charge in [0, 0.05) is 19.2 Å². The average molecular weight is 386 g/mol. The van der Waals surface area contributed by atoms with Crippen molar-refractivity contribution < 1.29 is 19.1 Å². The van der Waals surface area contributed by atoms with Gasteiger partial charge >= 0.3 is 6.09 Å². The van der Waals surface area contributed by atoms with Crippen molar-refractivity contribution in [1.82, 2.24) is 4.90 Å². The van der Waals surface area contributed by atoms with Crippen molar-refractivity contribution in [3.05, 3.63) is 40.4 Å². The maximum atomic E-state index is 12.7. The van der Waals surface area contributed by atoms with Crippen LogP contribution in [0.25, 0.3) is 0 Å². The Balaban J connectivity index is 2.08. The van der Waals surface area contributed by atoms with E-state index in [2.05, 4.69) is 6.58 Å². The number of nitrogens with zero attached hydrogens (tertiary/aromatic N) is 1. The molecule has 0 atom stereocenters. The first-order chi connectivity index (χ1) is 11.6. The fourth-order valence-corrected chi connectivity index (χ4v) is 2.65. The van der Waals surface area contributed by atoms with Gasteiger partial charge in [-0.3, -0.25) is 4.79 Å². The van der Waals surface area contributed by atoms with E-state index in [1.165, 1.54) is 17.0 Å². The summed E-state index contributed by atoms with van der Waals surface area (Å²) in [6.07, 6.45) is 1.15. The van der Waals surface area contributed by atoms with Crippen molar-refractivity contribution in [3.63, 3.8) is 0 Å². The first-order valence-corrected chi connectivity index (χ1v) is 8.63. The molecule has 136 valence electrons. The first-order valence-electron chi connectivity index (χ1n) is 7.87. The molecule has 1 aliphatic heterocycles. The Morgan fingerprint density at radius 1 is 1.28 bits per heavy atom. The van der Waals surface area contributed by atoms with Crippen molar-refractivity contribution in [2.24, 2.45) is 5.92 Å². The molecular formula is C18H21Cl2NO4. The smallest absolute Gasteiger partial charge is 0.410 e. The highest BCUT2D eigenvalue weighted by Gasteiger charge is 2.39. The Morgan fingerprint density at radius 3 is 2.44 bits per heavy atom. The molecule has 1 heterocycles. The van der Waals surface area contributed by atoms with Crippen LogP contribution in [0, 0.1) is 5.92 Å². The van der Waals surface area contributed by atoms with E-state index in [1.807, 2.05) is 0 Å². The van der Waals surface area contributed by atoms with Gasteiger partial charge in [-0.25, -0.2) is 4.79 Å². The lowest BCUT2D eigenvalue weighted by molar-refractivity contribution is 0.00146. The zero-order chi connectivity index (χ0) is 18.8. The van der Waals surface area contributed by atoms with Crippen LogP contribution in [-0.4, -0.2) is 42.1 Å². The number of benzene rings is 1. The normalized spacial score (nSPS) is 14.7. The van der Waals surface area contributed by atoms with E-state index in [1.54, 1.807) is 26.8 Å². The van der Waals surface area contributed by atoms with E-state index in [0.29, 0.717) is 29.4 Å². The number of hydrogen-bond acceptors (Lipinski definition) is 4. The Kier molecular flexibility index (Phi) is 6.01. The van der Waals surface area contributed by atoms with Crippen molar-refractivity contribution in [3.8, 4) is 5.75 Å². The number of Topliss-reactive ketones (excluding diaryl/α,β-unsaturated/α-hetero) is 1. The number of halogens is 2. The lowest BCUT2D eigenvalue weighted by atomic mass is 9.90. The average Bonchev–Trinajstić information content (AvgIpc) is 2.44. The number of likely N-dealkylation sites (tertiary alicyclic amines) is 1. The number of amides is 1. The number of hydrogen-bond donors (Lipinski definition) is 0. The molecule has 5 nitrogen and oxygen atoms in total. The summed E-state index contributed by atoms with van der Waals surface area (Å²) >= 11 is 12.0. The van der Waals surface area contributed by atoms with Gasteiger partial charge in [0.25, 0.3) is 0 Å². The van der Waals surface area contributed by atoms with Crippen molar-refractivity contribution in [1.29, 1.82) is 0 Å². The second kappa shape index (κ2) is 7.67. The summed E-state index contributed by atoms with van der Waals surface area (Å²) < 4.78 is 10.8. The van der Waals surface area contributed by atoms with E-state index < -0.39 is 11.7 Å². The van der Waals surface area contributed by atoms with Gasteiger partial charge in [0.2, 0.25) is 0 Å². The van der Waals surface area contributed by atoms with Crippen LogP contribution in [0.4, 0.5) is 4.79 Å². The lowest BCUT2D eigenvalue weighted by Gasteiger charge is -2.39. The predicted molar refractivity (Wildman–Crippen MR) is 97.8 cm³/mol. The summed E-state index contributed by atoms with van der Waals surface area (Å²) in [6, 6.07) is 3.02. The Labute approximate surface area is 157 Å². The van der Waals surface area contributed by atoms with Crippen molar-refractivity contribution in [2.45, 2.75) is 26.4 Å². The highest BCUT2D eigenvalue weighted by molar-refractivity contribution is 6.42. The summed E-state index contributed by atoms with van der Waals surface area (Å²) in [5.41, 5.74) is -0.216. The molecule has 1 saturated heterocycles. The predicted octanol–water partition coefficient (Wildman–Crippen LogP) is 4.61. The van der Waals surface area contributed by atoms with Gasteiger partial charge in [-0.2, -0.15) is 0 Å². The topological polar surface area (TPSA) is 55.8 Å². The molecule has 0 unspecified atom stereocenters. The molecule has 0 spiro atoms. The third-order valence-electron chi connectivity index (χ3n) is 3.55. The maximum absolute atomic E-state index is 12.7. The molecule has 0 aromatic heterocycles. The molecule has 2 rings (SSSR count). The van der Waals surface area contributed by atoms with E-state index in [4.69, 9.17) is 32.7 Å². The van der Waals surface area contributed by atoms with E-state index >= 15 is 0 Å². The zero-order valence-electron chi connectivity index (χ0n) is 14.5. The lowest BCUT2D eigenvalue weighted by Crippen LogP contribution is -2.54. The monoisotopic (exact) mass is 385 g/mol. The molecule has 0 bridgehead atoms. The van der Waals surface area contributed by atoms with Gasteiger partial charge in [-0.05, 0) is 26.8 Å². The molecule has 25 heavy (non-hydrogen) atoms. The van der Waals surface area contributed by atoms with Crippen LogP contribution >= 0.6 is 23.2 Å². The minimum absolute atomic E-state index is 0.141. The first kappa shape index (κ1) is 19.6. The van der Waals surface area contributed by atoms with E-state index in [0.717, 1.165) is 0 Å². The van der Waals surface area contributed by atoms with Crippen LogP contribution in [0.2, 0.25) is 10.0 Å². The molecule has 1 aromatic carbocycles.